The van der Waals surface area contributed by atoms with Crippen molar-refractivity contribution < 1.29 is 13.6 Å². The molecule has 1 saturated heterocycles. The minimum Gasteiger partial charge on any atom is -0.302 e. The molecule has 1 aliphatic heterocycles. The molecule has 0 bridgehead atoms. The summed E-state index contributed by atoms with van der Waals surface area (Å²) in [5.41, 5.74) is 0.888. The lowest BCUT2D eigenvalue weighted by molar-refractivity contribution is -0.119. The van der Waals surface area contributed by atoms with Crippen LogP contribution in [0.3, 0.4) is 0 Å². The number of halogens is 3. The van der Waals surface area contributed by atoms with E-state index in [1.54, 1.807) is 12.1 Å². The summed E-state index contributed by atoms with van der Waals surface area (Å²) in [6.45, 7) is 6.71. The Morgan fingerprint density at radius 1 is 1.23 bits per heavy atom. The van der Waals surface area contributed by atoms with Gasteiger partial charge >= 0.3 is 0 Å². The summed E-state index contributed by atoms with van der Waals surface area (Å²) >= 11 is 5.84. The Morgan fingerprint density at radius 3 is 2.18 bits per heavy atom. The number of rotatable bonds is 4. The van der Waals surface area contributed by atoms with Gasteiger partial charge in [0.25, 0.3) is 5.92 Å². The first-order valence-corrected chi connectivity index (χ1v) is 8.11. The Labute approximate surface area is 136 Å². The normalized spacial score (nSPS) is 19.0. The molecule has 0 N–H and O–H groups in total. The van der Waals surface area contributed by atoms with E-state index in [4.69, 9.17) is 11.6 Å². The zero-order valence-electron chi connectivity index (χ0n) is 13.4. The Hall–Kier alpha value is -1.00. The number of piperidine rings is 1. The smallest absolute Gasteiger partial charge is 0.250 e. The van der Waals surface area contributed by atoms with Gasteiger partial charge in [-0.15, -0.1) is 0 Å². The molecule has 1 heterocycles. The lowest BCUT2D eigenvalue weighted by atomic mass is 9.94. The molecule has 1 atom stereocenters. The van der Waals surface area contributed by atoms with Crippen LogP contribution < -0.4 is 0 Å². The predicted octanol–water partition coefficient (Wildman–Crippen LogP) is 4.77. The fraction of sp³-hybridized carbons (Fsp3) is 0.588. The number of benzene rings is 1. The van der Waals surface area contributed by atoms with Crippen LogP contribution in [0.15, 0.2) is 24.3 Å². The molecule has 22 heavy (non-hydrogen) atoms. The van der Waals surface area contributed by atoms with Gasteiger partial charge in [-0.05, 0) is 24.6 Å². The standard InChI is InChI=1S/C15H18ClF2NO.C2H6/c1-11(20)14(12-2-4-13(16)5-3-12)10-19-8-6-15(17,18)7-9-19;1-2/h2-5,14H,6-10H2,1H3;1-2H3. The molecule has 2 rings (SSSR count). The number of Topliss-reactive ketones (excluding diaryl/α,β-unsaturated/α-hetero) is 1. The fourth-order valence-electron chi connectivity index (χ4n) is 2.48. The minimum atomic E-state index is -2.55. The van der Waals surface area contributed by atoms with Crippen molar-refractivity contribution in [3.63, 3.8) is 0 Å². The molecule has 0 amide bonds. The highest BCUT2D eigenvalue weighted by Crippen LogP contribution is 2.29. The SMILES string of the molecule is CC.CC(=O)C(CN1CCC(F)(F)CC1)c1ccc(Cl)cc1. The molecule has 0 spiro atoms. The fourth-order valence-corrected chi connectivity index (χ4v) is 2.61. The van der Waals surface area contributed by atoms with Gasteiger partial charge in [0.1, 0.15) is 5.78 Å². The van der Waals surface area contributed by atoms with Crippen molar-refractivity contribution in [2.24, 2.45) is 0 Å². The topological polar surface area (TPSA) is 20.3 Å². The van der Waals surface area contributed by atoms with Crippen molar-refractivity contribution in [3.05, 3.63) is 34.9 Å². The summed E-state index contributed by atoms with van der Waals surface area (Å²) in [7, 11) is 0. The second-order valence-electron chi connectivity index (χ2n) is 5.37. The molecule has 0 aromatic heterocycles. The molecule has 0 aliphatic carbocycles. The molecule has 1 unspecified atom stereocenters. The van der Waals surface area contributed by atoms with Gasteiger partial charge in [-0.25, -0.2) is 8.78 Å². The van der Waals surface area contributed by atoms with E-state index >= 15 is 0 Å². The molecule has 5 heteroatoms. The van der Waals surface area contributed by atoms with Crippen molar-refractivity contribution in [1.29, 1.82) is 0 Å². The maximum Gasteiger partial charge on any atom is 0.250 e. The van der Waals surface area contributed by atoms with E-state index in [0.717, 1.165) is 5.56 Å². The average molecular weight is 332 g/mol. The molecule has 1 aromatic carbocycles. The summed E-state index contributed by atoms with van der Waals surface area (Å²) in [5.74, 6) is -2.79. The third-order valence-electron chi connectivity index (χ3n) is 3.79. The van der Waals surface area contributed by atoms with E-state index in [2.05, 4.69) is 0 Å². The number of carbonyl (C=O) groups is 1. The van der Waals surface area contributed by atoms with Crippen molar-refractivity contribution in [1.82, 2.24) is 4.90 Å². The van der Waals surface area contributed by atoms with Gasteiger partial charge in [-0.2, -0.15) is 0 Å². The zero-order chi connectivity index (χ0) is 16.8. The van der Waals surface area contributed by atoms with Crippen LogP contribution in [-0.4, -0.2) is 36.2 Å². The van der Waals surface area contributed by atoms with Gasteiger partial charge in [0, 0.05) is 37.5 Å². The number of ketones is 1. The largest absolute Gasteiger partial charge is 0.302 e. The summed E-state index contributed by atoms with van der Waals surface area (Å²) in [6.07, 6.45) is -0.253. The minimum absolute atomic E-state index is 0.0460. The quantitative estimate of drug-likeness (QED) is 0.792. The van der Waals surface area contributed by atoms with Crippen LogP contribution in [0.5, 0.6) is 0 Å². The summed E-state index contributed by atoms with van der Waals surface area (Å²) < 4.78 is 26.3. The van der Waals surface area contributed by atoms with E-state index in [9.17, 15) is 13.6 Å². The lowest BCUT2D eigenvalue weighted by Crippen LogP contribution is -2.42. The molecule has 124 valence electrons. The van der Waals surface area contributed by atoms with Gasteiger partial charge in [-0.1, -0.05) is 37.6 Å². The zero-order valence-corrected chi connectivity index (χ0v) is 14.2. The van der Waals surface area contributed by atoms with Gasteiger partial charge < -0.3 is 4.90 Å². The van der Waals surface area contributed by atoms with Crippen LogP contribution in [0.2, 0.25) is 5.02 Å². The third kappa shape index (κ3) is 5.65. The van der Waals surface area contributed by atoms with Crippen LogP contribution in [0.4, 0.5) is 8.78 Å². The van der Waals surface area contributed by atoms with Crippen molar-refractivity contribution in [2.75, 3.05) is 19.6 Å². The predicted molar refractivity (Wildman–Crippen MR) is 86.8 cm³/mol. The van der Waals surface area contributed by atoms with E-state index in [-0.39, 0.29) is 24.5 Å². The van der Waals surface area contributed by atoms with Crippen LogP contribution in [0.25, 0.3) is 0 Å². The molecule has 0 saturated carbocycles. The highest BCUT2D eigenvalue weighted by atomic mass is 35.5. The Kier molecular flexibility index (Phi) is 7.43. The number of hydrogen-bond acceptors (Lipinski definition) is 2. The van der Waals surface area contributed by atoms with E-state index in [1.807, 2.05) is 30.9 Å². The van der Waals surface area contributed by atoms with E-state index in [1.165, 1.54) is 6.92 Å². The molecular weight excluding hydrogens is 308 g/mol. The maximum absolute atomic E-state index is 13.1. The first-order chi connectivity index (χ1) is 10.4. The highest BCUT2D eigenvalue weighted by Gasteiger charge is 2.35. The number of hydrogen-bond donors (Lipinski definition) is 0. The Balaban J connectivity index is 0.00000116. The van der Waals surface area contributed by atoms with Crippen LogP contribution in [0.1, 0.15) is 45.1 Å². The van der Waals surface area contributed by atoms with Crippen molar-refractivity contribution in [2.45, 2.75) is 45.5 Å². The third-order valence-corrected chi connectivity index (χ3v) is 4.04. The average Bonchev–Trinajstić information content (AvgIpc) is 2.49. The highest BCUT2D eigenvalue weighted by molar-refractivity contribution is 6.30. The van der Waals surface area contributed by atoms with Gasteiger partial charge in [-0.3, -0.25) is 4.79 Å². The molecule has 2 nitrogen and oxygen atoms in total. The second-order valence-corrected chi connectivity index (χ2v) is 5.81. The van der Waals surface area contributed by atoms with Crippen LogP contribution in [0, 0.1) is 0 Å². The summed E-state index contributed by atoms with van der Waals surface area (Å²) in [4.78, 5) is 13.8. The number of carbonyl (C=O) groups excluding carboxylic acids is 1. The van der Waals surface area contributed by atoms with Crippen LogP contribution in [-0.2, 0) is 4.79 Å². The molecule has 0 radical (unpaired) electrons. The maximum atomic E-state index is 13.1. The number of nitrogens with zero attached hydrogens (tertiary/aromatic N) is 1. The summed E-state index contributed by atoms with van der Waals surface area (Å²) in [6, 6.07) is 7.15. The van der Waals surface area contributed by atoms with Crippen molar-refractivity contribution >= 4 is 17.4 Å². The monoisotopic (exact) mass is 331 g/mol. The van der Waals surface area contributed by atoms with Gasteiger partial charge in [0.15, 0.2) is 0 Å². The molecule has 1 fully saturated rings. The number of likely N-dealkylation sites (tertiary alicyclic amines) is 1. The molecule has 1 aromatic rings. The Bertz CT molecular complexity index is 466. The van der Waals surface area contributed by atoms with Gasteiger partial charge in [0.05, 0.1) is 5.92 Å². The van der Waals surface area contributed by atoms with E-state index < -0.39 is 5.92 Å². The molecular formula is C17H24ClF2NO. The Morgan fingerprint density at radius 2 is 1.73 bits per heavy atom. The first kappa shape index (κ1) is 19.0. The first-order valence-electron chi connectivity index (χ1n) is 7.73. The number of alkyl halides is 2. The molecule has 1 aliphatic rings. The van der Waals surface area contributed by atoms with Crippen LogP contribution >= 0.6 is 11.6 Å². The second kappa shape index (κ2) is 8.59. The van der Waals surface area contributed by atoms with Crippen molar-refractivity contribution in [3.8, 4) is 0 Å². The van der Waals surface area contributed by atoms with Gasteiger partial charge in [0.2, 0.25) is 0 Å². The summed E-state index contributed by atoms with van der Waals surface area (Å²) in [5, 5.41) is 0.619. The van der Waals surface area contributed by atoms with E-state index in [0.29, 0.717) is 24.7 Å². The lowest BCUT2D eigenvalue weighted by Gasteiger charge is -2.33.